The largest absolute Gasteiger partial charge is 0.478 e. The minimum Gasteiger partial charge on any atom is -0.478 e. The Balaban J connectivity index is 3.11. The second-order valence-electron chi connectivity index (χ2n) is 3.18. The van der Waals surface area contributed by atoms with Crippen LogP contribution in [0, 0.1) is 6.92 Å². The molecule has 0 fully saturated rings. The van der Waals surface area contributed by atoms with Gasteiger partial charge in [0, 0.05) is 21.8 Å². The highest BCUT2D eigenvalue weighted by Crippen LogP contribution is 2.09. The number of aryl methyl sites for hydroxylation is 1. The molecule has 0 amide bonds. The lowest BCUT2D eigenvalue weighted by molar-refractivity contribution is -0.132. The second kappa shape index (κ2) is 4.44. The highest BCUT2D eigenvalue weighted by molar-refractivity contribution is 9.10. The van der Waals surface area contributed by atoms with Crippen molar-refractivity contribution >= 4 is 21.9 Å². The van der Waals surface area contributed by atoms with E-state index >= 15 is 0 Å². The third-order valence-corrected chi connectivity index (χ3v) is 2.33. The predicted octanol–water partition coefficient (Wildman–Crippen LogP) is 1.56. The Kier molecular flexibility index (Phi) is 3.47. The van der Waals surface area contributed by atoms with Crippen LogP contribution in [0.2, 0.25) is 0 Å². The molecule has 80 valence electrons. The maximum Gasteiger partial charge on any atom is 0.332 e. The van der Waals surface area contributed by atoms with Crippen molar-refractivity contribution in [2.24, 2.45) is 0 Å². The van der Waals surface area contributed by atoms with Crippen LogP contribution >= 0.6 is 15.9 Å². The van der Waals surface area contributed by atoms with Crippen molar-refractivity contribution in [2.75, 3.05) is 0 Å². The van der Waals surface area contributed by atoms with Gasteiger partial charge in [-0.15, -0.1) is 0 Å². The first kappa shape index (κ1) is 11.7. The number of nitrogens with zero attached hydrogens (tertiary/aromatic N) is 1. The Morgan fingerprint density at radius 3 is 2.80 bits per heavy atom. The molecule has 5 heteroatoms. The quantitative estimate of drug-likeness (QED) is 0.849. The van der Waals surface area contributed by atoms with Crippen LogP contribution in [-0.4, -0.2) is 15.6 Å². The Morgan fingerprint density at radius 1 is 1.67 bits per heavy atom. The zero-order valence-corrected chi connectivity index (χ0v) is 9.74. The van der Waals surface area contributed by atoms with Crippen molar-refractivity contribution in [3.63, 3.8) is 0 Å². The Bertz CT molecular complexity index is 476. The van der Waals surface area contributed by atoms with Gasteiger partial charge in [0.1, 0.15) is 0 Å². The Morgan fingerprint density at radius 2 is 2.27 bits per heavy atom. The number of aromatic nitrogens is 1. The van der Waals surface area contributed by atoms with E-state index in [0.29, 0.717) is 5.56 Å². The molecule has 0 atom stereocenters. The number of aliphatic carboxylic acids is 1. The molecule has 15 heavy (non-hydrogen) atoms. The summed E-state index contributed by atoms with van der Waals surface area (Å²) in [6, 6.07) is 1.68. The van der Waals surface area contributed by atoms with Crippen LogP contribution in [0.25, 0.3) is 0 Å². The SMILES string of the molecule is C=C(Cn1cc(Br)cc(C)c1=O)C(=O)O. The molecule has 1 heterocycles. The fraction of sp³-hybridized carbons (Fsp3) is 0.200. The van der Waals surface area contributed by atoms with Crippen molar-refractivity contribution in [1.29, 1.82) is 0 Å². The van der Waals surface area contributed by atoms with Gasteiger partial charge in [0.15, 0.2) is 0 Å². The fourth-order valence-corrected chi connectivity index (χ4v) is 1.72. The first-order chi connectivity index (χ1) is 6.91. The first-order valence-corrected chi connectivity index (χ1v) is 4.99. The van der Waals surface area contributed by atoms with Gasteiger partial charge in [-0.05, 0) is 28.9 Å². The summed E-state index contributed by atoms with van der Waals surface area (Å²) < 4.78 is 2.05. The zero-order chi connectivity index (χ0) is 11.6. The summed E-state index contributed by atoms with van der Waals surface area (Å²) >= 11 is 3.24. The summed E-state index contributed by atoms with van der Waals surface area (Å²) in [5.74, 6) is -1.10. The molecule has 0 aliphatic carbocycles. The molecule has 1 aromatic heterocycles. The van der Waals surface area contributed by atoms with Crippen molar-refractivity contribution in [3.05, 3.63) is 44.8 Å². The van der Waals surface area contributed by atoms with Crippen LogP contribution < -0.4 is 5.56 Å². The summed E-state index contributed by atoms with van der Waals surface area (Å²) in [7, 11) is 0. The summed E-state index contributed by atoms with van der Waals surface area (Å²) in [5.41, 5.74) is 0.331. The van der Waals surface area contributed by atoms with Crippen LogP contribution in [0.4, 0.5) is 0 Å². The monoisotopic (exact) mass is 271 g/mol. The molecule has 4 nitrogen and oxygen atoms in total. The fourth-order valence-electron chi connectivity index (χ4n) is 1.13. The van der Waals surface area contributed by atoms with Crippen molar-refractivity contribution in [1.82, 2.24) is 4.57 Å². The molecule has 0 saturated heterocycles. The highest BCUT2D eigenvalue weighted by Gasteiger charge is 2.07. The lowest BCUT2D eigenvalue weighted by atomic mass is 10.2. The molecule has 0 saturated carbocycles. The van der Waals surface area contributed by atoms with Gasteiger partial charge in [0.2, 0.25) is 0 Å². The molecule has 0 aromatic carbocycles. The molecule has 0 unspecified atom stereocenters. The molecule has 0 aliphatic heterocycles. The minimum absolute atomic E-state index is 0.00551. The van der Waals surface area contributed by atoms with E-state index in [1.54, 1.807) is 19.2 Å². The maximum absolute atomic E-state index is 11.6. The van der Waals surface area contributed by atoms with Crippen molar-refractivity contribution < 1.29 is 9.90 Å². The highest BCUT2D eigenvalue weighted by atomic mass is 79.9. The molecule has 0 radical (unpaired) electrons. The van der Waals surface area contributed by atoms with Gasteiger partial charge >= 0.3 is 5.97 Å². The van der Waals surface area contributed by atoms with Gasteiger partial charge in [-0.25, -0.2) is 4.79 Å². The standard InChI is InChI=1S/C10H10BrNO3/c1-6-3-8(11)5-12(9(6)13)4-7(2)10(14)15/h3,5H,2,4H2,1H3,(H,14,15). The maximum atomic E-state index is 11.6. The van der Waals surface area contributed by atoms with Crippen LogP contribution in [0.15, 0.2) is 33.7 Å². The predicted molar refractivity (Wildman–Crippen MR) is 59.9 cm³/mol. The van der Waals surface area contributed by atoms with Gasteiger partial charge in [-0.1, -0.05) is 6.58 Å². The van der Waals surface area contributed by atoms with E-state index < -0.39 is 5.97 Å². The number of hydrogen-bond acceptors (Lipinski definition) is 2. The molecule has 0 aliphatic rings. The van der Waals surface area contributed by atoms with Crippen molar-refractivity contribution in [2.45, 2.75) is 13.5 Å². The molecular weight excluding hydrogens is 262 g/mol. The Labute approximate surface area is 95.0 Å². The molecular formula is C10H10BrNO3. The zero-order valence-electron chi connectivity index (χ0n) is 8.16. The van der Waals surface area contributed by atoms with Gasteiger partial charge in [-0.3, -0.25) is 4.79 Å². The topological polar surface area (TPSA) is 59.3 Å². The van der Waals surface area contributed by atoms with Crippen LogP contribution in [-0.2, 0) is 11.3 Å². The lowest BCUT2D eigenvalue weighted by Crippen LogP contribution is -2.23. The van der Waals surface area contributed by atoms with Crippen LogP contribution in [0.5, 0.6) is 0 Å². The molecule has 1 aromatic rings. The normalized spacial score (nSPS) is 10.0. The smallest absolute Gasteiger partial charge is 0.332 e. The molecule has 1 rings (SSSR count). The first-order valence-electron chi connectivity index (χ1n) is 4.19. The number of carboxylic acids is 1. The summed E-state index contributed by atoms with van der Waals surface area (Å²) in [6.07, 6.45) is 1.55. The summed E-state index contributed by atoms with van der Waals surface area (Å²) in [6.45, 7) is 5.04. The average Bonchev–Trinajstić information content (AvgIpc) is 2.13. The van der Waals surface area contributed by atoms with Gasteiger partial charge in [0.25, 0.3) is 5.56 Å². The molecule has 0 bridgehead atoms. The van der Waals surface area contributed by atoms with Crippen molar-refractivity contribution in [3.8, 4) is 0 Å². The van der Waals surface area contributed by atoms with E-state index in [1.807, 2.05) is 0 Å². The Hall–Kier alpha value is -1.36. The van der Waals surface area contributed by atoms with E-state index in [0.717, 1.165) is 4.47 Å². The van der Waals surface area contributed by atoms with E-state index in [2.05, 4.69) is 22.5 Å². The van der Waals surface area contributed by atoms with E-state index in [1.165, 1.54) is 4.57 Å². The van der Waals surface area contributed by atoms with Crippen LogP contribution in [0.1, 0.15) is 5.56 Å². The number of rotatable bonds is 3. The molecule has 1 N–H and O–H groups in total. The number of halogens is 1. The van der Waals surface area contributed by atoms with E-state index in [9.17, 15) is 9.59 Å². The summed E-state index contributed by atoms with van der Waals surface area (Å²) in [4.78, 5) is 22.1. The molecule has 0 spiro atoms. The average molecular weight is 272 g/mol. The van der Waals surface area contributed by atoms with E-state index in [-0.39, 0.29) is 17.7 Å². The lowest BCUT2D eigenvalue weighted by Gasteiger charge is -2.07. The summed E-state index contributed by atoms with van der Waals surface area (Å²) in [5, 5.41) is 8.65. The van der Waals surface area contributed by atoms with Gasteiger partial charge < -0.3 is 9.67 Å². The third kappa shape index (κ3) is 2.79. The van der Waals surface area contributed by atoms with Gasteiger partial charge in [0.05, 0.1) is 6.54 Å². The van der Waals surface area contributed by atoms with Gasteiger partial charge in [-0.2, -0.15) is 0 Å². The number of carboxylic acid groups (broad SMARTS) is 1. The second-order valence-corrected chi connectivity index (χ2v) is 4.10. The number of pyridine rings is 1. The van der Waals surface area contributed by atoms with E-state index in [4.69, 9.17) is 5.11 Å². The minimum atomic E-state index is -1.10. The van der Waals surface area contributed by atoms with Crippen LogP contribution in [0.3, 0.4) is 0 Å². The number of hydrogen-bond donors (Lipinski definition) is 1. The number of carbonyl (C=O) groups is 1. The third-order valence-electron chi connectivity index (χ3n) is 1.90.